The number of hydrogen-bond acceptors (Lipinski definition) is 5. The fourth-order valence-corrected chi connectivity index (χ4v) is 2.22. The zero-order valence-corrected chi connectivity index (χ0v) is 12.8. The number of benzene rings is 1. The summed E-state index contributed by atoms with van der Waals surface area (Å²) in [6.07, 6.45) is 0.384. The van der Waals surface area contributed by atoms with Crippen LogP contribution in [-0.2, 0) is 6.54 Å². The van der Waals surface area contributed by atoms with Crippen molar-refractivity contribution in [1.29, 1.82) is 0 Å². The Morgan fingerprint density at radius 3 is 2.62 bits per heavy atom. The molecule has 6 nitrogen and oxygen atoms in total. The van der Waals surface area contributed by atoms with Gasteiger partial charge in [0.15, 0.2) is 5.82 Å². The SMILES string of the molecule is CC(C)(C)CC(O)CNCc1nnnn1-c1ccccc1. The van der Waals surface area contributed by atoms with Crippen molar-refractivity contribution in [3.63, 3.8) is 0 Å². The number of aliphatic hydroxyl groups excluding tert-OH is 1. The van der Waals surface area contributed by atoms with Gasteiger partial charge in [-0.15, -0.1) is 5.10 Å². The van der Waals surface area contributed by atoms with E-state index in [0.29, 0.717) is 13.1 Å². The molecule has 0 bridgehead atoms. The van der Waals surface area contributed by atoms with Crippen molar-refractivity contribution in [3.8, 4) is 5.69 Å². The number of aromatic nitrogens is 4. The largest absolute Gasteiger partial charge is 0.392 e. The van der Waals surface area contributed by atoms with E-state index in [9.17, 15) is 5.11 Å². The van der Waals surface area contributed by atoms with E-state index in [-0.39, 0.29) is 11.5 Å². The smallest absolute Gasteiger partial charge is 0.170 e. The Labute approximate surface area is 125 Å². The molecule has 0 aliphatic carbocycles. The molecular weight excluding hydrogens is 266 g/mol. The highest BCUT2D eigenvalue weighted by molar-refractivity contribution is 5.30. The molecule has 1 atom stereocenters. The quantitative estimate of drug-likeness (QED) is 0.844. The van der Waals surface area contributed by atoms with Crippen LogP contribution < -0.4 is 5.32 Å². The van der Waals surface area contributed by atoms with Crippen molar-refractivity contribution in [3.05, 3.63) is 36.2 Å². The van der Waals surface area contributed by atoms with Crippen LogP contribution in [-0.4, -0.2) is 38.0 Å². The summed E-state index contributed by atoms with van der Waals surface area (Å²) in [5.74, 6) is 0.726. The first-order valence-corrected chi connectivity index (χ1v) is 7.17. The van der Waals surface area contributed by atoms with Crippen molar-refractivity contribution in [1.82, 2.24) is 25.5 Å². The van der Waals surface area contributed by atoms with E-state index in [2.05, 4.69) is 41.6 Å². The highest BCUT2D eigenvalue weighted by Gasteiger charge is 2.16. The molecule has 114 valence electrons. The second-order valence-corrected chi connectivity index (χ2v) is 6.39. The maximum Gasteiger partial charge on any atom is 0.170 e. The van der Waals surface area contributed by atoms with E-state index in [1.807, 2.05) is 30.3 Å². The van der Waals surface area contributed by atoms with Crippen LogP contribution in [0.4, 0.5) is 0 Å². The minimum absolute atomic E-state index is 0.118. The zero-order valence-electron chi connectivity index (χ0n) is 12.8. The lowest BCUT2D eigenvalue weighted by atomic mass is 9.89. The summed E-state index contributed by atoms with van der Waals surface area (Å²) >= 11 is 0. The van der Waals surface area contributed by atoms with Crippen LogP contribution in [0.5, 0.6) is 0 Å². The second-order valence-electron chi connectivity index (χ2n) is 6.39. The normalized spacial score (nSPS) is 13.3. The molecule has 2 aromatic rings. The van der Waals surface area contributed by atoms with E-state index in [1.54, 1.807) is 4.68 Å². The molecule has 21 heavy (non-hydrogen) atoms. The van der Waals surface area contributed by atoms with Crippen molar-refractivity contribution in [2.75, 3.05) is 6.54 Å². The van der Waals surface area contributed by atoms with Crippen molar-refractivity contribution < 1.29 is 5.11 Å². The Bertz CT molecular complexity index is 547. The van der Waals surface area contributed by atoms with E-state index >= 15 is 0 Å². The minimum Gasteiger partial charge on any atom is -0.392 e. The van der Waals surface area contributed by atoms with Gasteiger partial charge in [0.2, 0.25) is 0 Å². The maximum atomic E-state index is 9.98. The number of para-hydroxylation sites is 1. The summed E-state index contributed by atoms with van der Waals surface area (Å²) in [5.41, 5.74) is 1.04. The van der Waals surface area contributed by atoms with Crippen molar-refractivity contribution in [2.45, 2.75) is 39.8 Å². The molecule has 1 heterocycles. The molecule has 0 saturated carbocycles. The summed E-state index contributed by atoms with van der Waals surface area (Å²) < 4.78 is 1.70. The molecule has 1 aromatic heterocycles. The highest BCUT2D eigenvalue weighted by Crippen LogP contribution is 2.20. The molecule has 0 fully saturated rings. The summed E-state index contributed by atoms with van der Waals surface area (Å²) in [6, 6.07) is 9.75. The lowest BCUT2D eigenvalue weighted by Crippen LogP contribution is -2.30. The molecule has 0 radical (unpaired) electrons. The van der Waals surface area contributed by atoms with Crippen LogP contribution in [0.1, 0.15) is 33.0 Å². The number of hydrogen-bond donors (Lipinski definition) is 2. The third kappa shape index (κ3) is 4.91. The van der Waals surface area contributed by atoms with Crippen LogP contribution in [0.25, 0.3) is 5.69 Å². The predicted octanol–water partition coefficient (Wildman–Crippen LogP) is 1.55. The summed E-state index contributed by atoms with van der Waals surface area (Å²) in [5, 5.41) is 24.9. The van der Waals surface area contributed by atoms with Gasteiger partial charge in [-0.3, -0.25) is 0 Å². The molecule has 2 rings (SSSR count). The van der Waals surface area contributed by atoms with Gasteiger partial charge in [0.1, 0.15) is 0 Å². The van der Waals surface area contributed by atoms with E-state index in [4.69, 9.17) is 0 Å². The minimum atomic E-state index is -0.369. The first-order valence-electron chi connectivity index (χ1n) is 7.17. The summed E-state index contributed by atoms with van der Waals surface area (Å²) in [6.45, 7) is 7.40. The fraction of sp³-hybridized carbons (Fsp3) is 0.533. The molecule has 0 spiro atoms. The van der Waals surface area contributed by atoms with Crippen LogP contribution in [0, 0.1) is 5.41 Å². The van der Waals surface area contributed by atoms with Gasteiger partial charge in [-0.25, -0.2) is 0 Å². The van der Waals surface area contributed by atoms with E-state index in [1.165, 1.54) is 0 Å². The number of nitrogens with one attached hydrogen (secondary N) is 1. The molecule has 0 amide bonds. The molecule has 0 saturated heterocycles. The topological polar surface area (TPSA) is 75.9 Å². The number of nitrogens with zero attached hydrogens (tertiary/aromatic N) is 4. The molecular formula is C15H23N5O. The van der Waals surface area contributed by atoms with Gasteiger partial charge in [0, 0.05) is 6.54 Å². The van der Waals surface area contributed by atoms with E-state index < -0.39 is 0 Å². The summed E-state index contributed by atoms with van der Waals surface area (Å²) in [7, 11) is 0. The van der Waals surface area contributed by atoms with Gasteiger partial charge in [0.25, 0.3) is 0 Å². The molecule has 6 heteroatoms. The number of tetrazole rings is 1. The molecule has 1 aromatic carbocycles. The first kappa shape index (κ1) is 15.6. The summed E-state index contributed by atoms with van der Waals surface area (Å²) in [4.78, 5) is 0. The van der Waals surface area contributed by atoms with Crippen LogP contribution in [0.3, 0.4) is 0 Å². The average molecular weight is 289 g/mol. The predicted molar refractivity (Wildman–Crippen MR) is 80.9 cm³/mol. The standard InChI is InChI=1S/C15H23N5O/c1-15(2,3)9-13(21)10-16-11-14-17-18-19-20(14)12-7-5-4-6-8-12/h4-8,13,16,21H,9-11H2,1-3H3. The van der Waals surface area contributed by atoms with Gasteiger partial charge in [-0.1, -0.05) is 39.0 Å². The Morgan fingerprint density at radius 2 is 1.95 bits per heavy atom. The molecule has 0 aliphatic heterocycles. The fourth-order valence-electron chi connectivity index (χ4n) is 2.22. The van der Waals surface area contributed by atoms with Crippen LogP contribution in [0.15, 0.2) is 30.3 Å². The first-order chi connectivity index (χ1) is 9.96. The second kappa shape index (κ2) is 6.78. The van der Waals surface area contributed by atoms with Crippen LogP contribution in [0.2, 0.25) is 0 Å². The average Bonchev–Trinajstić information content (AvgIpc) is 2.86. The molecule has 2 N–H and O–H groups in total. The number of aliphatic hydroxyl groups is 1. The van der Waals surface area contributed by atoms with Crippen LogP contribution >= 0.6 is 0 Å². The van der Waals surface area contributed by atoms with Gasteiger partial charge < -0.3 is 10.4 Å². The maximum absolute atomic E-state index is 9.98. The van der Waals surface area contributed by atoms with Gasteiger partial charge in [-0.05, 0) is 34.4 Å². The third-order valence-corrected chi connectivity index (χ3v) is 3.05. The zero-order chi connectivity index (χ0) is 15.3. The lowest BCUT2D eigenvalue weighted by molar-refractivity contribution is 0.119. The Balaban J connectivity index is 1.89. The molecule has 1 unspecified atom stereocenters. The highest BCUT2D eigenvalue weighted by atomic mass is 16.3. The lowest BCUT2D eigenvalue weighted by Gasteiger charge is -2.22. The Kier molecular flexibility index (Phi) is 5.03. The van der Waals surface area contributed by atoms with Gasteiger partial charge in [0.05, 0.1) is 18.3 Å². The monoisotopic (exact) mass is 289 g/mol. The van der Waals surface area contributed by atoms with Crippen molar-refractivity contribution in [2.24, 2.45) is 5.41 Å². The number of rotatable bonds is 6. The van der Waals surface area contributed by atoms with E-state index in [0.717, 1.165) is 17.9 Å². The Hall–Kier alpha value is -1.79. The third-order valence-electron chi connectivity index (χ3n) is 3.05. The van der Waals surface area contributed by atoms with Gasteiger partial charge in [-0.2, -0.15) is 4.68 Å². The van der Waals surface area contributed by atoms with Gasteiger partial charge >= 0.3 is 0 Å². The molecule has 0 aliphatic rings. The Morgan fingerprint density at radius 1 is 1.24 bits per heavy atom. The van der Waals surface area contributed by atoms with Crippen molar-refractivity contribution >= 4 is 0 Å².